The van der Waals surface area contributed by atoms with Crippen molar-refractivity contribution in [2.45, 2.75) is 40.0 Å². The summed E-state index contributed by atoms with van der Waals surface area (Å²) < 4.78 is 10.2. The first-order valence-corrected chi connectivity index (χ1v) is 5.40. The molecule has 0 rings (SSSR count). The fourth-order valence-corrected chi connectivity index (χ4v) is 0.836. The molecule has 0 spiro atoms. The van der Waals surface area contributed by atoms with Crippen LogP contribution in [0.5, 0.6) is 0 Å². The second kappa shape index (κ2) is 9.00. The van der Waals surface area contributed by atoms with Gasteiger partial charge < -0.3 is 9.47 Å². The first-order valence-electron chi connectivity index (χ1n) is 5.40. The van der Waals surface area contributed by atoms with Gasteiger partial charge in [0, 0.05) is 6.61 Å². The number of carbonyl (C=O) groups is 1. The maximum Gasteiger partial charge on any atom is 0.308 e. The molecule has 0 aliphatic carbocycles. The molecule has 0 aliphatic heterocycles. The molecule has 0 aromatic rings. The Morgan fingerprint density at radius 3 is 2.57 bits per heavy atom. The van der Waals surface area contributed by atoms with E-state index in [0.717, 1.165) is 19.4 Å². The van der Waals surface area contributed by atoms with Crippen LogP contribution in [0.1, 0.15) is 40.0 Å². The molecular formula is C11H22O3. The second-order valence-electron chi connectivity index (χ2n) is 3.79. The van der Waals surface area contributed by atoms with Gasteiger partial charge in [-0.05, 0) is 12.3 Å². The highest BCUT2D eigenvalue weighted by atomic mass is 16.5. The van der Waals surface area contributed by atoms with Gasteiger partial charge in [-0.3, -0.25) is 4.79 Å². The molecule has 0 amide bonds. The highest BCUT2D eigenvalue weighted by Gasteiger charge is 2.03. The Morgan fingerprint density at radius 1 is 1.29 bits per heavy atom. The van der Waals surface area contributed by atoms with Gasteiger partial charge in [0.05, 0.1) is 19.6 Å². The smallest absolute Gasteiger partial charge is 0.308 e. The Kier molecular flexibility index (Phi) is 8.64. The maximum absolute atomic E-state index is 11.1. The zero-order chi connectivity index (χ0) is 10.8. The van der Waals surface area contributed by atoms with Crippen molar-refractivity contribution in [2.24, 2.45) is 5.92 Å². The van der Waals surface area contributed by atoms with E-state index in [1.165, 1.54) is 0 Å². The molecule has 0 aromatic carbocycles. The van der Waals surface area contributed by atoms with Gasteiger partial charge in [-0.1, -0.05) is 27.2 Å². The van der Waals surface area contributed by atoms with Crippen LogP contribution in [0.4, 0.5) is 0 Å². The average Bonchev–Trinajstić information content (AvgIpc) is 2.14. The fourth-order valence-electron chi connectivity index (χ4n) is 0.836. The SMILES string of the molecule is CCCCOCCC(=O)OCC(C)C. The molecule has 84 valence electrons. The van der Waals surface area contributed by atoms with Crippen LogP contribution in [0.25, 0.3) is 0 Å². The fraction of sp³-hybridized carbons (Fsp3) is 0.909. The number of hydrogen-bond acceptors (Lipinski definition) is 3. The Morgan fingerprint density at radius 2 is 2.00 bits per heavy atom. The summed E-state index contributed by atoms with van der Waals surface area (Å²) in [7, 11) is 0. The van der Waals surface area contributed by atoms with E-state index in [4.69, 9.17) is 9.47 Å². The van der Waals surface area contributed by atoms with E-state index < -0.39 is 0 Å². The molecule has 0 saturated carbocycles. The largest absolute Gasteiger partial charge is 0.465 e. The molecule has 0 radical (unpaired) electrons. The second-order valence-corrected chi connectivity index (χ2v) is 3.79. The lowest BCUT2D eigenvalue weighted by molar-refractivity contribution is -0.145. The Hall–Kier alpha value is -0.570. The Bertz CT molecular complexity index is 143. The van der Waals surface area contributed by atoms with Crippen LogP contribution >= 0.6 is 0 Å². The Labute approximate surface area is 86.8 Å². The van der Waals surface area contributed by atoms with Gasteiger partial charge in [0.1, 0.15) is 0 Å². The van der Waals surface area contributed by atoms with Crippen molar-refractivity contribution in [1.29, 1.82) is 0 Å². The summed E-state index contributed by atoms with van der Waals surface area (Å²) in [5, 5.41) is 0. The van der Waals surface area contributed by atoms with E-state index in [9.17, 15) is 4.79 Å². The lowest BCUT2D eigenvalue weighted by atomic mass is 10.2. The van der Waals surface area contributed by atoms with Crippen molar-refractivity contribution in [1.82, 2.24) is 0 Å². The van der Waals surface area contributed by atoms with E-state index >= 15 is 0 Å². The molecule has 0 atom stereocenters. The van der Waals surface area contributed by atoms with E-state index in [0.29, 0.717) is 25.6 Å². The van der Waals surface area contributed by atoms with Crippen molar-refractivity contribution >= 4 is 5.97 Å². The summed E-state index contributed by atoms with van der Waals surface area (Å²) in [6.07, 6.45) is 2.55. The number of hydrogen-bond donors (Lipinski definition) is 0. The van der Waals surface area contributed by atoms with Crippen molar-refractivity contribution < 1.29 is 14.3 Å². The van der Waals surface area contributed by atoms with Crippen LogP contribution in [0.2, 0.25) is 0 Å². The van der Waals surface area contributed by atoms with Gasteiger partial charge in [-0.15, -0.1) is 0 Å². The molecule has 3 nitrogen and oxygen atoms in total. The van der Waals surface area contributed by atoms with E-state index in [2.05, 4.69) is 6.92 Å². The number of ether oxygens (including phenoxy) is 2. The summed E-state index contributed by atoms with van der Waals surface area (Å²) >= 11 is 0. The third kappa shape index (κ3) is 9.52. The van der Waals surface area contributed by atoms with Crippen molar-refractivity contribution in [3.05, 3.63) is 0 Å². The van der Waals surface area contributed by atoms with Gasteiger partial charge in [-0.25, -0.2) is 0 Å². The number of rotatable bonds is 8. The van der Waals surface area contributed by atoms with Crippen molar-refractivity contribution in [2.75, 3.05) is 19.8 Å². The van der Waals surface area contributed by atoms with Crippen LogP contribution in [-0.2, 0) is 14.3 Å². The summed E-state index contributed by atoms with van der Waals surface area (Å²) in [6.45, 7) is 7.88. The molecule has 0 bridgehead atoms. The van der Waals surface area contributed by atoms with Crippen LogP contribution in [0.15, 0.2) is 0 Å². The van der Waals surface area contributed by atoms with Crippen LogP contribution in [0.3, 0.4) is 0 Å². The maximum atomic E-state index is 11.1. The quantitative estimate of drug-likeness (QED) is 0.448. The lowest BCUT2D eigenvalue weighted by Crippen LogP contribution is -2.12. The summed E-state index contributed by atoms with van der Waals surface area (Å²) in [5.74, 6) is 0.246. The normalized spacial score (nSPS) is 10.6. The van der Waals surface area contributed by atoms with Gasteiger partial charge >= 0.3 is 5.97 Å². The first-order chi connectivity index (χ1) is 6.66. The third-order valence-corrected chi connectivity index (χ3v) is 1.67. The first kappa shape index (κ1) is 13.4. The minimum atomic E-state index is -0.157. The summed E-state index contributed by atoms with van der Waals surface area (Å²) in [6, 6.07) is 0. The zero-order valence-electron chi connectivity index (χ0n) is 9.54. The van der Waals surface area contributed by atoms with Crippen LogP contribution < -0.4 is 0 Å². The molecule has 0 fully saturated rings. The van der Waals surface area contributed by atoms with E-state index in [-0.39, 0.29) is 5.97 Å². The molecule has 0 aliphatic rings. The van der Waals surface area contributed by atoms with Gasteiger partial charge in [0.25, 0.3) is 0 Å². The molecule has 0 heterocycles. The topological polar surface area (TPSA) is 35.5 Å². The predicted molar refractivity (Wildman–Crippen MR) is 56.1 cm³/mol. The highest BCUT2D eigenvalue weighted by Crippen LogP contribution is 1.96. The lowest BCUT2D eigenvalue weighted by Gasteiger charge is -2.07. The van der Waals surface area contributed by atoms with Crippen LogP contribution in [0, 0.1) is 5.92 Å². The van der Waals surface area contributed by atoms with Crippen LogP contribution in [-0.4, -0.2) is 25.8 Å². The number of esters is 1. The molecule has 0 N–H and O–H groups in total. The molecule has 0 aromatic heterocycles. The minimum Gasteiger partial charge on any atom is -0.465 e. The van der Waals surface area contributed by atoms with E-state index in [1.54, 1.807) is 0 Å². The van der Waals surface area contributed by atoms with Crippen molar-refractivity contribution in [3.63, 3.8) is 0 Å². The number of carbonyl (C=O) groups excluding carboxylic acids is 1. The van der Waals surface area contributed by atoms with E-state index in [1.807, 2.05) is 13.8 Å². The molecule has 14 heavy (non-hydrogen) atoms. The van der Waals surface area contributed by atoms with Gasteiger partial charge in [-0.2, -0.15) is 0 Å². The average molecular weight is 202 g/mol. The molecule has 0 saturated heterocycles. The van der Waals surface area contributed by atoms with Gasteiger partial charge in [0.15, 0.2) is 0 Å². The summed E-state index contributed by atoms with van der Waals surface area (Å²) in [5.41, 5.74) is 0. The highest BCUT2D eigenvalue weighted by molar-refractivity contribution is 5.69. The predicted octanol–water partition coefficient (Wildman–Crippen LogP) is 2.39. The third-order valence-electron chi connectivity index (χ3n) is 1.67. The van der Waals surface area contributed by atoms with Crippen molar-refractivity contribution in [3.8, 4) is 0 Å². The monoisotopic (exact) mass is 202 g/mol. The molecule has 0 unspecified atom stereocenters. The standard InChI is InChI=1S/C11H22O3/c1-4-5-7-13-8-6-11(12)14-9-10(2)3/h10H,4-9H2,1-3H3. The number of unbranched alkanes of at least 4 members (excludes halogenated alkanes) is 1. The zero-order valence-corrected chi connectivity index (χ0v) is 9.54. The van der Waals surface area contributed by atoms with Gasteiger partial charge in [0.2, 0.25) is 0 Å². The Balaban J connectivity index is 3.18. The summed E-state index contributed by atoms with van der Waals surface area (Å²) in [4.78, 5) is 11.1. The molecular weight excluding hydrogens is 180 g/mol. The minimum absolute atomic E-state index is 0.157. The molecule has 3 heteroatoms.